The first-order chi connectivity index (χ1) is 9.75. The number of carbonyl (C=O) groups is 2. The molecule has 0 radical (unpaired) electrons. The van der Waals surface area contributed by atoms with E-state index in [1.807, 2.05) is 0 Å². The van der Waals surface area contributed by atoms with E-state index in [0.717, 1.165) is 19.3 Å². The summed E-state index contributed by atoms with van der Waals surface area (Å²) in [4.78, 5) is 22.2. The second kappa shape index (κ2) is 4.92. The Morgan fingerprint density at radius 1 is 1.05 bits per heavy atom. The number of carbonyl (C=O) groups excluding carboxylic acids is 1. The van der Waals surface area contributed by atoms with Crippen LogP contribution in [0.2, 0.25) is 0 Å². The maximum atomic E-state index is 13.4. The van der Waals surface area contributed by atoms with Crippen LogP contribution in [0.25, 0.3) is 0 Å². The normalized spacial score (nSPS) is 37.5. The molecule has 0 aliphatic heterocycles. The van der Waals surface area contributed by atoms with E-state index in [-0.39, 0.29) is 0 Å². The summed E-state index contributed by atoms with van der Waals surface area (Å²) in [5, 5.41) is 8.43. The molecule has 0 spiro atoms. The Morgan fingerprint density at radius 3 is 1.95 bits per heavy atom. The number of esters is 1. The van der Waals surface area contributed by atoms with Gasteiger partial charge in [-0.25, -0.2) is 8.78 Å². The monoisotopic (exact) mass is 302 g/mol. The minimum Gasteiger partial charge on any atom is -0.481 e. The highest BCUT2D eigenvalue weighted by Crippen LogP contribution is 2.57. The Kier molecular flexibility index (Phi) is 3.45. The fraction of sp³-hybridized carbons (Fsp3) is 0.867. The van der Waals surface area contributed by atoms with E-state index in [4.69, 9.17) is 9.84 Å². The van der Waals surface area contributed by atoms with Gasteiger partial charge in [0.1, 0.15) is 18.4 Å². The molecule has 0 heterocycles. The van der Waals surface area contributed by atoms with Crippen molar-refractivity contribution in [1.82, 2.24) is 0 Å². The third-order valence-corrected chi connectivity index (χ3v) is 5.13. The van der Waals surface area contributed by atoms with Crippen LogP contribution in [0.1, 0.15) is 51.4 Å². The van der Waals surface area contributed by atoms with Crippen molar-refractivity contribution in [2.24, 2.45) is 17.8 Å². The SMILES string of the molecule is O=C(O)CC(F)(F)CC(=O)OC12CC3CC(CC(C3)C1)C2. The fourth-order valence-electron chi connectivity index (χ4n) is 4.93. The van der Waals surface area contributed by atoms with Gasteiger partial charge < -0.3 is 9.84 Å². The van der Waals surface area contributed by atoms with Crippen molar-refractivity contribution in [3.8, 4) is 0 Å². The highest BCUT2D eigenvalue weighted by Gasteiger charge is 2.53. The molecule has 4 aliphatic rings. The van der Waals surface area contributed by atoms with Crippen molar-refractivity contribution in [3.63, 3.8) is 0 Å². The molecule has 4 nitrogen and oxygen atoms in total. The smallest absolute Gasteiger partial charge is 0.312 e. The summed E-state index contributed by atoms with van der Waals surface area (Å²) in [5.41, 5.74) is -0.550. The van der Waals surface area contributed by atoms with Gasteiger partial charge in [0.25, 0.3) is 5.92 Å². The Morgan fingerprint density at radius 2 is 1.52 bits per heavy atom. The molecule has 4 fully saturated rings. The number of hydrogen-bond acceptors (Lipinski definition) is 3. The molecule has 0 unspecified atom stereocenters. The van der Waals surface area contributed by atoms with Crippen LogP contribution < -0.4 is 0 Å². The van der Waals surface area contributed by atoms with Gasteiger partial charge in [0.05, 0.1) is 0 Å². The van der Waals surface area contributed by atoms with Crippen LogP contribution >= 0.6 is 0 Å². The van der Waals surface area contributed by atoms with Gasteiger partial charge in [-0.05, 0) is 56.3 Å². The van der Waals surface area contributed by atoms with Crippen LogP contribution in [0.5, 0.6) is 0 Å². The maximum absolute atomic E-state index is 13.4. The molecule has 1 N–H and O–H groups in total. The lowest BCUT2D eigenvalue weighted by molar-refractivity contribution is -0.192. The summed E-state index contributed by atoms with van der Waals surface area (Å²) in [6.07, 6.45) is 3.41. The standard InChI is InChI=1S/C15H20F2O4/c16-15(17,7-12(18)19)8-13(20)21-14-4-9-1-10(5-14)3-11(2-9)6-14/h9-11H,1-8H2,(H,18,19). The molecule has 4 aliphatic carbocycles. The second-order valence-electron chi connectivity index (χ2n) is 7.18. The molecule has 0 atom stereocenters. The van der Waals surface area contributed by atoms with Crippen LogP contribution in [-0.4, -0.2) is 28.6 Å². The summed E-state index contributed by atoms with van der Waals surface area (Å²) in [7, 11) is 0. The van der Waals surface area contributed by atoms with E-state index in [0.29, 0.717) is 17.8 Å². The summed E-state index contributed by atoms with van der Waals surface area (Å²) >= 11 is 0. The Labute approximate surface area is 121 Å². The first-order valence-corrected chi connectivity index (χ1v) is 7.57. The molecule has 0 aromatic rings. The van der Waals surface area contributed by atoms with Crippen molar-refractivity contribution in [3.05, 3.63) is 0 Å². The van der Waals surface area contributed by atoms with Gasteiger partial charge in [0.2, 0.25) is 0 Å². The van der Waals surface area contributed by atoms with Crippen molar-refractivity contribution >= 4 is 11.9 Å². The zero-order valence-electron chi connectivity index (χ0n) is 11.8. The molecule has 6 heteroatoms. The Bertz CT molecular complexity index is 425. The lowest BCUT2D eigenvalue weighted by Gasteiger charge is -2.55. The van der Waals surface area contributed by atoms with Gasteiger partial charge in [0, 0.05) is 0 Å². The van der Waals surface area contributed by atoms with Crippen molar-refractivity contribution in [2.75, 3.05) is 0 Å². The third kappa shape index (κ3) is 3.19. The summed E-state index contributed by atoms with van der Waals surface area (Å²) in [5.74, 6) is -4.42. The van der Waals surface area contributed by atoms with Gasteiger partial charge in [-0.15, -0.1) is 0 Å². The van der Waals surface area contributed by atoms with Crippen molar-refractivity contribution < 1.29 is 28.2 Å². The number of rotatable bonds is 5. The molecular formula is C15H20F2O4. The van der Waals surface area contributed by atoms with E-state index in [2.05, 4.69) is 0 Å². The highest BCUT2D eigenvalue weighted by molar-refractivity contribution is 5.73. The second-order valence-corrected chi connectivity index (χ2v) is 7.18. The average molecular weight is 302 g/mol. The average Bonchev–Trinajstić information content (AvgIpc) is 2.21. The first kappa shape index (κ1) is 14.7. The molecule has 4 bridgehead atoms. The van der Waals surface area contributed by atoms with Crippen LogP contribution in [0.15, 0.2) is 0 Å². The zero-order valence-corrected chi connectivity index (χ0v) is 11.8. The van der Waals surface area contributed by atoms with Gasteiger partial charge in [-0.1, -0.05) is 0 Å². The number of aliphatic carboxylic acids is 1. The molecule has 0 aromatic heterocycles. The predicted molar refractivity (Wildman–Crippen MR) is 68.8 cm³/mol. The van der Waals surface area contributed by atoms with Crippen LogP contribution in [-0.2, 0) is 14.3 Å². The molecule has 4 saturated carbocycles. The molecule has 0 saturated heterocycles. The minimum absolute atomic E-state index is 0.550. The number of ether oxygens (including phenoxy) is 1. The van der Waals surface area contributed by atoms with Crippen LogP contribution in [0.3, 0.4) is 0 Å². The molecule has 0 aromatic carbocycles. The predicted octanol–water partition coefficient (Wildman–Crippen LogP) is 3.00. The van der Waals surface area contributed by atoms with Crippen LogP contribution in [0.4, 0.5) is 8.78 Å². The molecule has 118 valence electrons. The lowest BCUT2D eigenvalue weighted by Crippen LogP contribution is -2.53. The van der Waals surface area contributed by atoms with E-state index in [9.17, 15) is 18.4 Å². The number of carboxylic acids is 1. The van der Waals surface area contributed by atoms with E-state index in [1.54, 1.807) is 0 Å². The van der Waals surface area contributed by atoms with E-state index < -0.39 is 36.3 Å². The third-order valence-electron chi connectivity index (χ3n) is 5.13. The van der Waals surface area contributed by atoms with E-state index in [1.165, 1.54) is 19.3 Å². The van der Waals surface area contributed by atoms with Gasteiger partial charge in [-0.2, -0.15) is 0 Å². The van der Waals surface area contributed by atoms with E-state index >= 15 is 0 Å². The Hall–Kier alpha value is -1.20. The minimum atomic E-state index is -3.54. The summed E-state index contributed by atoms with van der Waals surface area (Å²) in [6.45, 7) is 0. The largest absolute Gasteiger partial charge is 0.481 e. The van der Waals surface area contributed by atoms with Crippen LogP contribution in [0, 0.1) is 17.8 Å². The first-order valence-electron chi connectivity index (χ1n) is 7.57. The lowest BCUT2D eigenvalue weighted by atomic mass is 9.54. The van der Waals surface area contributed by atoms with Gasteiger partial charge >= 0.3 is 11.9 Å². The molecule has 0 amide bonds. The highest BCUT2D eigenvalue weighted by atomic mass is 19.3. The van der Waals surface area contributed by atoms with Gasteiger partial charge in [0.15, 0.2) is 0 Å². The van der Waals surface area contributed by atoms with Crippen molar-refractivity contribution in [2.45, 2.75) is 62.9 Å². The van der Waals surface area contributed by atoms with Gasteiger partial charge in [-0.3, -0.25) is 9.59 Å². The maximum Gasteiger partial charge on any atom is 0.312 e. The molecule has 21 heavy (non-hydrogen) atoms. The summed E-state index contributed by atoms with van der Waals surface area (Å²) in [6, 6.07) is 0. The quantitative estimate of drug-likeness (QED) is 0.793. The number of hydrogen-bond donors (Lipinski definition) is 1. The summed E-state index contributed by atoms with van der Waals surface area (Å²) < 4.78 is 32.3. The molecular weight excluding hydrogens is 282 g/mol. The zero-order chi connectivity index (χ0) is 15.3. The fourth-order valence-corrected chi connectivity index (χ4v) is 4.93. The Balaban J connectivity index is 1.61. The number of halogens is 2. The number of alkyl halides is 2. The number of carboxylic acid groups (broad SMARTS) is 1. The molecule has 4 rings (SSSR count). The van der Waals surface area contributed by atoms with Crippen molar-refractivity contribution in [1.29, 1.82) is 0 Å². The topological polar surface area (TPSA) is 63.6 Å².